The van der Waals surface area contributed by atoms with E-state index in [0.29, 0.717) is 14.8 Å². The van der Waals surface area contributed by atoms with Crippen molar-refractivity contribution in [2.75, 3.05) is 7.05 Å². The summed E-state index contributed by atoms with van der Waals surface area (Å²) in [5, 5.41) is 10.1. The molecule has 0 aromatic heterocycles. The summed E-state index contributed by atoms with van der Waals surface area (Å²) in [6.45, 7) is 0. The van der Waals surface area contributed by atoms with Crippen molar-refractivity contribution in [1.82, 2.24) is 4.90 Å². The van der Waals surface area contributed by atoms with Gasteiger partial charge >= 0.3 is 0 Å². The number of thioether (sulfide) groups is 1. The first-order valence-corrected chi connectivity index (χ1v) is 7.19. The number of aromatic hydroxyl groups is 1. The van der Waals surface area contributed by atoms with Gasteiger partial charge in [-0.3, -0.25) is 9.69 Å². The Hall–Kier alpha value is -0.560. The Morgan fingerprint density at radius 1 is 1.56 bits per heavy atom. The van der Waals surface area contributed by atoms with Crippen LogP contribution in [-0.2, 0) is 4.79 Å². The van der Waals surface area contributed by atoms with Gasteiger partial charge in [0.1, 0.15) is 10.1 Å². The van der Waals surface area contributed by atoms with Gasteiger partial charge in [-0.05, 0) is 18.2 Å². The number of carbonyl (C=O) groups excluding carboxylic acids is 1. The van der Waals surface area contributed by atoms with Crippen LogP contribution in [0.5, 0.6) is 5.75 Å². The minimum atomic E-state index is -0.180. The summed E-state index contributed by atoms with van der Waals surface area (Å²) >= 11 is 15.4. The molecule has 0 spiro atoms. The number of phenolic OH excluding ortho intramolecular Hbond substituents is 1. The predicted molar refractivity (Wildman–Crippen MR) is 81.8 cm³/mol. The van der Waals surface area contributed by atoms with Crippen LogP contribution in [0, 0.1) is 0 Å². The van der Waals surface area contributed by atoms with E-state index < -0.39 is 0 Å². The molecule has 94 valence electrons. The van der Waals surface area contributed by atoms with E-state index in [2.05, 4.69) is 15.9 Å². The van der Waals surface area contributed by atoms with E-state index in [0.717, 1.165) is 4.47 Å². The van der Waals surface area contributed by atoms with Gasteiger partial charge in [0.15, 0.2) is 0 Å². The molecule has 3 nitrogen and oxygen atoms in total. The van der Waals surface area contributed by atoms with E-state index in [-0.39, 0.29) is 16.7 Å². The predicted octanol–water partition coefficient (Wildman–Crippen LogP) is 3.64. The van der Waals surface area contributed by atoms with Crippen molar-refractivity contribution in [2.24, 2.45) is 0 Å². The third-order valence-corrected chi connectivity index (χ3v) is 4.56. The molecule has 1 heterocycles. The molecule has 1 aliphatic heterocycles. The van der Waals surface area contributed by atoms with Gasteiger partial charge in [0.25, 0.3) is 5.91 Å². The lowest BCUT2D eigenvalue weighted by molar-refractivity contribution is -0.121. The van der Waals surface area contributed by atoms with Crippen molar-refractivity contribution in [3.8, 4) is 5.75 Å². The molecule has 18 heavy (non-hydrogen) atoms. The van der Waals surface area contributed by atoms with E-state index in [1.54, 1.807) is 25.3 Å². The van der Waals surface area contributed by atoms with Crippen molar-refractivity contribution >= 4 is 67.8 Å². The first kappa shape index (κ1) is 13.9. The zero-order valence-electron chi connectivity index (χ0n) is 9.11. The van der Waals surface area contributed by atoms with Gasteiger partial charge in [-0.1, -0.05) is 51.5 Å². The minimum Gasteiger partial charge on any atom is -0.506 e. The van der Waals surface area contributed by atoms with Crippen LogP contribution in [0.25, 0.3) is 6.08 Å². The van der Waals surface area contributed by atoms with Crippen molar-refractivity contribution in [3.05, 3.63) is 32.1 Å². The number of benzene rings is 1. The van der Waals surface area contributed by atoms with Crippen molar-refractivity contribution in [2.45, 2.75) is 0 Å². The quantitative estimate of drug-likeness (QED) is 0.610. The summed E-state index contributed by atoms with van der Waals surface area (Å²) in [6, 6.07) is 3.27. The Labute approximate surface area is 127 Å². The number of hydrogen-bond acceptors (Lipinski definition) is 4. The number of halogens is 2. The third kappa shape index (κ3) is 2.56. The third-order valence-electron chi connectivity index (χ3n) is 2.33. The van der Waals surface area contributed by atoms with E-state index in [1.165, 1.54) is 16.7 Å². The average Bonchev–Trinajstić information content (AvgIpc) is 2.53. The molecule has 1 aromatic rings. The Kier molecular flexibility index (Phi) is 4.01. The number of phenols is 1. The van der Waals surface area contributed by atoms with Gasteiger partial charge in [0.2, 0.25) is 0 Å². The standard InChI is InChI=1S/C11H7BrClNO2S2/c1-14-10(16)8(18-11(14)17)3-5-2-6(12)4-7(13)9(5)15/h2-4,15H,1H3/b8-3+. The number of hydrogen-bond donors (Lipinski definition) is 1. The van der Waals surface area contributed by atoms with Gasteiger partial charge < -0.3 is 5.11 Å². The van der Waals surface area contributed by atoms with Crippen molar-refractivity contribution in [3.63, 3.8) is 0 Å². The normalized spacial score (nSPS) is 17.9. The Morgan fingerprint density at radius 2 is 2.22 bits per heavy atom. The molecule has 1 saturated heterocycles. The van der Waals surface area contributed by atoms with Crippen molar-refractivity contribution < 1.29 is 9.90 Å². The monoisotopic (exact) mass is 363 g/mol. The van der Waals surface area contributed by atoms with Crippen LogP contribution in [0.4, 0.5) is 0 Å². The molecule has 0 atom stereocenters. The fourth-order valence-electron chi connectivity index (χ4n) is 1.38. The number of carbonyl (C=O) groups is 1. The van der Waals surface area contributed by atoms with Gasteiger partial charge in [0, 0.05) is 17.1 Å². The maximum absolute atomic E-state index is 11.8. The van der Waals surface area contributed by atoms with Crippen LogP contribution < -0.4 is 0 Å². The Bertz CT molecular complexity index is 589. The number of thiocarbonyl (C=S) groups is 1. The molecule has 7 heteroatoms. The van der Waals surface area contributed by atoms with E-state index >= 15 is 0 Å². The lowest BCUT2D eigenvalue weighted by atomic mass is 10.2. The first-order valence-electron chi connectivity index (χ1n) is 4.79. The molecular weight excluding hydrogens is 358 g/mol. The maximum atomic E-state index is 11.8. The Morgan fingerprint density at radius 3 is 2.78 bits per heavy atom. The van der Waals surface area contributed by atoms with Crippen LogP contribution in [-0.4, -0.2) is 27.3 Å². The molecule has 2 rings (SSSR count). The molecule has 0 radical (unpaired) electrons. The SMILES string of the molecule is CN1C(=O)/C(=C\c2cc(Br)cc(Cl)c2O)SC1=S. The number of amides is 1. The average molecular weight is 365 g/mol. The van der Waals surface area contributed by atoms with Crippen molar-refractivity contribution in [1.29, 1.82) is 0 Å². The van der Waals surface area contributed by atoms with E-state index in [1.807, 2.05) is 0 Å². The number of rotatable bonds is 1. The van der Waals surface area contributed by atoms with Crippen LogP contribution >= 0.6 is 51.5 Å². The first-order chi connectivity index (χ1) is 8.40. The van der Waals surface area contributed by atoms with Crippen LogP contribution in [0.2, 0.25) is 5.02 Å². The van der Waals surface area contributed by atoms with Gasteiger partial charge in [0.05, 0.1) is 9.93 Å². The minimum absolute atomic E-state index is 0.0544. The van der Waals surface area contributed by atoms with E-state index in [4.69, 9.17) is 23.8 Å². The summed E-state index contributed by atoms with van der Waals surface area (Å²) in [7, 11) is 1.62. The molecular formula is C11H7BrClNO2S2. The molecule has 1 aliphatic rings. The fourth-order valence-corrected chi connectivity index (χ4v) is 3.39. The van der Waals surface area contributed by atoms with Crippen LogP contribution in [0.15, 0.2) is 21.5 Å². The molecule has 1 fully saturated rings. The lowest BCUT2D eigenvalue weighted by Gasteiger charge is -2.05. The topological polar surface area (TPSA) is 40.5 Å². The molecule has 0 aliphatic carbocycles. The largest absolute Gasteiger partial charge is 0.506 e. The fraction of sp³-hybridized carbons (Fsp3) is 0.0909. The van der Waals surface area contributed by atoms with Crippen LogP contribution in [0.3, 0.4) is 0 Å². The smallest absolute Gasteiger partial charge is 0.265 e. The highest BCUT2D eigenvalue weighted by Crippen LogP contribution is 2.36. The van der Waals surface area contributed by atoms with Gasteiger partial charge in [-0.2, -0.15) is 0 Å². The van der Waals surface area contributed by atoms with Crippen LogP contribution in [0.1, 0.15) is 5.56 Å². The molecule has 0 bridgehead atoms. The zero-order chi connectivity index (χ0) is 13.4. The summed E-state index contributed by atoms with van der Waals surface area (Å²) in [6.07, 6.45) is 1.58. The molecule has 1 aromatic carbocycles. The summed E-state index contributed by atoms with van der Waals surface area (Å²) in [4.78, 5) is 13.7. The number of nitrogens with zero attached hydrogens (tertiary/aromatic N) is 1. The highest BCUT2D eigenvalue weighted by atomic mass is 79.9. The lowest BCUT2D eigenvalue weighted by Crippen LogP contribution is -2.22. The summed E-state index contributed by atoms with van der Waals surface area (Å²) < 4.78 is 1.22. The maximum Gasteiger partial charge on any atom is 0.265 e. The Balaban J connectivity index is 2.46. The molecule has 1 amide bonds. The summed E-state index contributed by atoms with van der Waals surface area (Å²) in [5.74, 6) is -0.235. The van der Waals surface area contributed by atoms with Gasteiger partial charge in [-0.15, -0.1) is 0 Å². The molecule has 0 saturated carbocycles. The highest BCUT2D eigenvalue weighted by molar-refractivity contribution is 9.10. The second-order valence-electron chi connectivity index (χ2n) is 3.57. The molecule has 1 N–H and O–H groups in total. The summed E-state index contributed by atoms with van der Waals surface area (Å²) in [5.41, 5.74) is 0.475. The number of likely N-dealkylation sites (N-methyl/N-ethyl adjacent to an activating group) is 1. The van der Waals surface area contributed by atoms with E-state index in [9.17, 15) is 9.90 Å². The van der Waals surface area contributed by atoms with Gasteiger partial charge in [-0.25, -0.2) is 0 Å². The zero-order valence-corrected chi connectivity index (χ0v) is 13.1. The second kappa shape index (κ2) is 5.21. The molecule has 0 unspecified atom stereocenters. The highest BCUT2D eigenvalue weighted by Gasteiger charge is 2.29. The second-order valence-corrected chi connectivity index (χ2v) is 6.56.